The third kappa shape index (κ3) is 3.04. The molecule has 1 atom stereocenters. The van der Waals surface area contributed by atoms with Crippen LogP contribution in [0.1, 0.15) is 38.3 Å². The lowest BCUT2D eigenvalue weighted by atomic mass is 9.85. The highest BCUT2D eigenvalue weighted by molar-refractivity contribution is 5.86. The molecule has 0 saturated carbocycles. The minimum atomic E-state index is -0.230. The topological polar surface area (TPSA) is 58.6 Å². The molecule has 0 aliphatic carbocycles. The fourth-order valence-corrected chi connectivity index (χ4v) is 3.57. The number of nitrogens with zero attached hydrogens (tertiary/aromatic N) is 4. The molecular formula is C17H26N4O2. The molecule has 0 bridgehead atoms. The smallest absolute Gasteiger partial charge is 0.230 e. The summed E-state index contributed by atoms with van der Waals surface area (Å²) >= 11 is 0. The summed E-state index contributed by atoms with van der Waals surface area (Å²) in [5.74, 6) is 1.55. The number of rotatable bonds is 5. The van der Waals surface area contributed by atoms with E-state index in [1.165, 1.54) is 0 Å². The van der Waals surface area contributed by atoms with Gasteiger partial charge in [0.05, 0.1) is 17.7 Å². The average molecular weight is 318 g/mol. The summed E-state index contributed by atoms with van der Waals surface area (Å²) < 4.78 is 5.10. The van der Waals surface area contributed by atoms with Crippen molar-refractivity contribution in [2.45, 2.75) is 32.6 Å². The number of hydrogen-bond donors (Lipinski definition) is 0. The van der Waals surface area contributed by atoms with Crippen LogP contribution < -0.4 is 4.90 Å². The van der Waals surface area contributed by atoms with E-state index in [1.54, 1.807) is 7.11 Å². The van der Waals surface area contributed by atoms with Crippen LogP contribution in [0.2, 0.25) is 0 Å². The average Bonchev–Trinajstić information content (AvgIpc) is 3.12. The van der Waals surface area contributed by atoms with Crippen LogP contribution in [-0.2, 0) is 9.53 Å². The van der Waals surface area contributed by atoms with Gasteiger partial charge in [-0.1, -0.05) is 13.8 Å². The number of aromatic nitrogens is 2. The van der Waals surface area contributed by atoms with Gasteiger partial charge in [-0.05, 0) is 30.9 Å². The lowest BCUT2D eigenvalue weighted by molar-refractivity contribution is -0.135. The Balaban J connectivity index is 1.67. The molecule has 2 aliphatic heterocycles. The van der Waals surface area contributed by atoms with Crippen molar-refractivity contribution in [3.8, 4) is 0 Å². The van der Waals surface area contributed by atoms with E-state index in [2.05, 4.69) is 28.9 Å². The van der Waals surface area contributed by atoms with Crippen molar-refractivity contribution < 1.29 is 9.53 Å². The molecule has 126 valence electrons. The molecule has 1 aromatic rings. The molecule has 2 aliphatic rings. The number of carbonyl (C=O) groups is 1. The van der Waals surface area contributed by atoms with Crippen molar-refractivity contribution in [3.63, 3.8) is 0 Å². The number of methoxy groups -OCH3 is 1. The molecule has 1 amide bonds. The first-order valence-corrected chi connectivity index (χ1v) is 8.43. The van der Waals surface area contributed by atoms with Gasteiger partial charge >= 0.3 is 0 Å². The van der Waals surface area contributed by atoms with Crippen LogP contribution in [0.15, 0.2) is 12.1 Å². The van der Waals surface area contributed by atoms with Gasteiger partial charge < -0.3 is 14.5 Å². The predicted molar refractivity (Wildman–Crippen MR) is 88.5 cm³/mol. The first kappa shape index (κ1) is 16.2. The lowest BCUT2D eigenvalue weighted by Crippen LogP contribution is -2.38. The molecule has 3 heterocycles. The fourth-order valence-electron chi connectivity index (χ4n) is 3.57. The number of hydrogen-bond acceptors (Lipinski definition) is 5. The maximum atomic E-state index is 12.8. The van der Waals surface area contributed by atoms with Crippen molar-refractivity contribution in [1.82, 2.24) is 15.1 Å². The SMILES string of the molecule is COCCN1CCC2(CCN(c3ccc(C(C)C)nn3)C2)C1=O. The molecule has 2 fully saturated rings. The second kappa shape index (κ2) is 6.43. The molecule has 2 saturated heterocycles. The number of ether oxygens (including phenoxy) is 1. The molecule has 0 aromatic carbocycles. The summed E-state index contributed by atoms with van der Waals surface area (Å²) in [6, 6.07) is 4.07. The lowest BCUT2D eigenvalue weighted by Gasteiger charge is -2.24. The molecule has 23 heavy (non-hydrogen) atoms. The first-order valence-electron chi connectivity index (χ1n) is 8.43. The first-order chi connectivity index (χ1) is 11.1. The third-order valence-electron chi connectivity index (χ3n) is 5.11. The van der Waals surface area contributed by atoms with Gasteiger partial charge in [0.25, 0.3) is 0 Å². The minimum Gasteiger partial charge on any atom is -0.383 e. The van der Waals surface area contributed by atoms with E-state index in [9.17, 15) is 4.79 Å². The van der Waals surface area contributed by atoms with E-state index in [1.807, 2.05) is 17.0 Å². The zero-order chi connectivity index (χ0) is 16.4. The summed E-state index contributed by atoms with van der Waals surface area (Å²) in [5, 5.41) is 8.67. The van der Waals surface area contributed by atoms with Gasteiger partial charge in [0.15, 0.2) is 5.82 Å². The van der Waals surface area contributed by atoms with Gasteiger partial charge in [-0.25, -0.2) is 0 Å². The van der Waals surface area contributed by atoms with E-state index in [-0.39, 0.29) is 11.3 Å². The van der Waals surface area contributed by atoms with E-state index in [0.717, 1.165) is 44.0 Å². The van der Waals surface area contributed by atoms with E-state index in [0.29, 0.717) is 19.1 Å². The second-order valence-electron chi connectivity index (χ2n) is 6.96. The zero-order valence-corrected chi connectivity index (χ0v) is 14.3. The van der Waals surface area contributed by atoms with Crippen molar-refractivity contribution in [2.75, 3.05) is 44.8 Å². The summed E-state index contributed by atoms with van der Waals surface area (Å²) in [5.41, 5.74) is 0.775. The molecule has 3 rings (SSSR count). The van der Waals surface area contributed by atoms with Crippen LogP contribution >= 0.6 is 0 Å². The number of carbonyl (C=O) groups excluding carboxylic acids is 1. The fraction of sp³-hybridized carbons (Fsp3) is 0.706. The largest absolute Gasteiger partial charge is 0.383 e. The highest BCUT2D eigenvalue weighted by Crippen LogP contribution is 2.41. The highest BCUT2D eigenvalue weighted by Gasteiger charge is 2.50. The molecule has 1 aromatic heterocycles. The van der Waals surface area contributed by atoms with Gasteiger partial charge in [-0.2, -0.15) is 5.10 Å². The number of anilines is 1. The van der Waals surface area contributed by atoms with E-state index >= 15 is 0 Å². The molecule has 1 unspecified atom stereocenters. The minimum absolute atomic E-state index is 0.230. The Labute approximate surface area is 137 Å². The van der Waals surface area contributed by atoms with Crippen molar-refractivity contribution in [1.29, 1.82) is 0 Å². The van der Waals surface area contributed by atoms with E-state index < -0.39 is 0 Å². The van der Waals surface area contributed by atoms with Gasteiger partial charge in [0.2, 0.25) is 5.91 Å². The Morgan fingerprint density at radius 3 is 2.70 bits per heavy atom. The van der Waals surface area contributed by atoms with Crippen LogP contribution in [-0.4, -0.2) is 60.9 Å². The van der Waals surface area contributed by atoms with E-state index in [4.69, 9.17) is 4.74 Å². The van der Waals surface area contributed by atoms with Gasteiger partial charge in [-0.3, -0.25) is 4.79 Å². The molecule has 6 heteroatoms. The maximum Gasteiger partial charge on any atom is 0.230 e. The normalized spacial score (nSPS) is 24.4. The van der Waals surface area contributed by atoms with Crippen molar-refractivity contribution in [3.05, 3.63) is 17.8 Å². The Morgan fingerprint density at radius 2 is 2.04 bits per heavy atom. The molecule has 6 nitrogen and oxygen atoms in total. The molecular weight excluding hydrogens is 292 g/mol. The molecule has 0 radical (unpaired) electrons. The monoisotopic (exact) mass is 318 g/mol. The molecule has 0 N–H and O–H groups in total. The van der Waals surface area contributed by atoms with Crippen LogP contribution in [0, 0.1) is 5.41 Å². The Morgan fingerprint density at radius 1 is 1.26 bits per heavy atom. The summed E-state index contributed by atoms with van der Waals surface area (Å²) in [7, 11) is 1.67. The zero-order valence-electron chi connectivity index (χ0n) is 14.3. The third-order valence-corrected chi connectivity index (χ3v) is 5.11. The summed E-state index contributed by atoms with van der Waals surface area (Å²) in [4.78, 5) is 16.9. The van der Waals surface area contributed by atoms with Crippen LogP contribution in [0.3, 0.4) is 0 Å². The predicted octanol–water partition coefficient (Wildman–Crippen LogP) is 1.68. The van der Waals surface area contributed by atoms with Crippen LogP contribution in [0.5, 0.6) is 0 Å². The summed E-state index contributed by atoms with van der Waals surface area (Å²) in [6.07, 6.45) is 1.84. The van der Waals surface area contributed by atoms with Gasteiger partial charge in [-0.15, -0.1) is 5.10 Å². The highest BCUT2D eigenvalue weighted by atomic mass is 16.5. The summed E-state index contributed by atoms with van der Waals surface area (Å²) in [6.45, 7) is 7.99. The maximum absolute atomic E-state index is 12.8. The second-order valence-corrected chi connectivity index (χ2v) is 6.96. The molecule has 1 spiro atoms. The van der Waals surface area contributed by atoms with Crippen LogP contribution in [0.25, 0.3) is 0 Å². The Bertz CT molecular complexity index is 560. The standard InChI is InChI=1S/C17H26N4O2/c1-13(2)14-4-5-15(19-18-14)21-9-7-17(12-21)6-8-20(16(17)22)10-11-23-3/h4-5,13H,6-12H2,1-3H3. The number of likely N-dealkylation sites (tertiary alicyclic amines) is 1. The quantitative estimate of drug-likeness (QED) is 0.826. The van der Waals surface area contributed by atoms with Gasteiger partial charge in [0.1, 0.15) is 0 Å². The Kier molecular flexibility index (Phi) is 4.53. The number of amides is 1. The van der Waals surface area contributed by atoms with Crippen molar-refractivity contribution in [2.24, 2.45) is 5.41 Å². The van der Waals surface area contributed by atoms with Crippen LogP contribution in [0.4, 0.5) is 5.82 Å². The Hall–Kier alpha value is -1.69. The van der Waals surface area contributed by atoms with Gasteiger partial charge in [0, 0.05) is 33.3 Å². The van der Waals surface area contributed by atoms with Crippen molar-refractivity contribution >= 4 is 11.7 Å².